The third kappa shape index (κ3) is 5.08. The van der Waals surface area contributed by atoms with Crippen LogP contribution in [0.1, 0.15) is 11.1 Å². The van der Waals surface area contributed by atoms with Crippen molar-refractivity contribution in [2.24, 2.45) is 0 Å². The van der Waals surface area contributed by atoms with Crippen LogP contribution < -0.4 is 5.32 Å². The molecule has 0 saturated heterocycles. The number of carbonyl (C=O) groups excluding carboxylic acids is 1. The Balaban J connectivity index is 2.48. The number of carbonyl (C=O) groups is 1. The Kier molecular flexibility index (Phi) is 8.00. The lowest BCUT2D eigenvalue weighted by Crippen LogP contribution is -2.73. The molecular formula is C22H10F15NO. The molecule has 0 spiro atoms. The molecule has 0 aromatic heterocycles. The van der Waals surface area contributed by atoms with E-state index in [-0.39, 0.29) is 5.56 Å². The highest BCUT2D eigenvalue weighted by Crippen LogP contribution is 2.62. The lowest BCUT2D eigenvalue weighted by Gasteiger charge is -2.41. The van der Waals surface area contributed by atoms with Crippen molar-refractivity contribution in [1.29, 1.82) is 0 Å². The van der Waals surface area contributed by atoms with Gasteiger partial charge in [-0.1, -0.05) is 42.2 Å². The number of anilines is 1. The summed E-state index contributed by atoms with van der Waals surface area (Å²) in [6.45, 7) is 0. The Labute approximate surface area is 207 Å². The van der Waals surface area contributed by atoms with Crippen LogP contribution in [0.2, 0.25) is 0 Å². The minimum absolute atomic E-state index is 0.286. The van der Waals surface area contributed by atoms with Gasteiger partial charge in [-0.25, -0.2) is 0 Å². The SMILES string of the molecule is O=C(Nc1ccccc1C#Cc1ccccc1)C(F)(F)C(F)(F)C(F)(F)C(F)(F)C(F)(F)C(F)(F)C(F)(F)F. The van der Waals surface area contributed by atoms with Crippen LogP contribution in [-0.2, 0) is 4.79 Å². The van der Waals surface area contributed by atoms with Gasteiger partial charge in [0.2, 0.25) is 0 Å². The summed E-state index contributed by atoms with van der Waals surface area (Å²) < 4.78 is 200. The van der Waals surface area contributed by atoms with Crippen LogP contribution in [0.3, 0.4) is 0 Å². The van der Waals surface area contributed by atoms with Crippen LogP contribution in [0.4, 0.5) is 71.5 Å². The Morgan fingerprint density at radius 1 is 0.538 bits per heavy atom. The number of hydrogen-bond donors (Lipinski definition) is 1. The van der Waals surface area contributed by atoms with Crippen molar-refractivity contribution in [3.63, 3.8) is 0 Å². The van der Waals surface area contributed by atoms with Gasteiger partial charge in [0.1, 0.15) is 0 Å². The van der Waals surface area contributed by atoms with Crippen molar-refractivity contribution in [1.82, 2.24) is 0 Å². The average Bonchev–Trinajstić information content (AvgIpc) is 2.82. The number of amides is 1. The van der Waals surface area contributed by atoms with Crippen molar-refractivity contribution < 1.29 is 70.7 Å². The molecule has 0 aliphatic heterocycles. The molecule has 39 heavy (non-hydrogen) atoms. The molecule has 2 aromatic rings. The van der Waals surface area contributed by atoms with E-state index in [4.69, 9.17) is 0 Å². The summed E-state index contributed by atoms with van der Waals surface area (Å²) in [5.74, 6) is -47.2. The van der Waals surface area contributed by atoms with Gasteiger partial charge in [0.25, 0.3) is 0 Å². The van der Waals surface area contributed by atoms with Crippen molar-refractivity contribution in [2.75, 3.05) is 5.32 Å². The number of hydrogen-bond acceptors (Lipinski definition) is 1. The standard InChI is InChI=1S/C22H10F15NO/c23-16(24,15(39)38-14-9-5-4-8-13(14)11-10-12-6-2-1-3-7-12)17(25,26)18(27,28)19(29,30)20(31,32)21(33,34)22(35,36)37/h1-9H,(H,38,39). The molecule has 0 bridgehead atoms. The van der Waals surface area contributed by atoms with Gasteiger partial charge < -0.3 is 5.32 Å². The molecule has 1 N–H and O–H groups in total. The Hall–Kier alpha value is -3.58. The number of para-hydroxylation sites is 1. The third-order valence-corrected chi connectivity index (χ3v) is 4.90. The number of rotatable bonds is 7. The number of nitrogens with one attached hydrogen (secondary N) is 1. The molecule has 1 amide bonds. The molecule has 214 valence electrons. The van der Waals surface area contributed by atoms with E-state index in [2.05, 4.69) is 11.8 Å². The van der Waals surface area contributed by atoms with Gasteiger partial charge in [0.15, 0.2) is 0 Å². The molecule has 0 fully saturated rings. The maximum atomic E-state index is 14.1. The number of alkyl halides is 15. The molecule has 0 radical (unpaired) electrons. The maximum absolute atomic E-state index is 14.1. The number of halogens is 15. The summed E-state index contributed by atoms with van der Waals surface area (Å²) >= 11 is 0. The van der Waals surface area contributed by atoms with Crippen LogP contribution in [0.5, 0.6) is 0 Å². The summed E-state index contributed by atoms with van der Waals surface area (Å²) in [6.07, 6.45) is -7.71. The molecular weight excluding hydrogens is 579 g/mol. The molecule has 17 heteroatoms. The van der Waals surface area contributed by atoms with Crippen molar-refractivity contribution >= 4 is 11.6 Å². The van der Waals surface area contributed by atoms with E-state index < -0.39 is 58.9 Å². The molecule has 0 saturated carbocycles. The van der Waals surface area contributed by atoms with E-state index in [1.165, 1.54) is 24.3 Å². The second kappa shape index (κ2) is 9.87. The molecule has 0 aliphatic carbocycles. The number of benzene rings is 2. The highest BCUT2D eigenvalue weighted by Gasteiger charge is 2.94. The summed E-state index contributed by atoms with van der Waals surface area (Å²) in [5, 5.41) is 0.945. The second-order valence-electron chi connectivity index (χ2n) is 7.56. The van der Waals surface area contributed by atoms with Gasteiger partial charge in [0, 0.05) is 11.1 Å². The van der Waals surface area contributed by atoms with E-state index in [0.29, 0.717) is 6.07 Å². The minimum atomic E-state index is -8.48. The molecule has 0 heterocycles. The van der Waals surface area contributed by atoms with E-state index >= 15 is 0 Å². The maximum Gasteiger partial charge on any atom is 0.460 e. The Bertz CT molecular complexity index is 1260. The van der Waals surface area contributed by atoms with E-state index in [1.54, 1.807) is 6.07 Å². The molecule has 0 unspecified atom stereocenters. The Morgan fingerprint density at radius 3 is 1.49 bits per heavy atom. The first kappa shape index (κ1) is 31.6. The summed E-state index contributed by atoms with van der Waals surface area (Å²) in [5.41, 5.74) is -1.07. The zero-order chi connectivity index (χ0) is 30.3. The fraction of sp³-hybridized carbons (Fsp3) is 0.318. The zero-order valence-electron chi connectivity index (χ0n) is 18.3. The van der Waals surface area contributed by atoms with E-state index in [1.807, 2.05) is 0 Å². The van der Waals surface area contributed by atoms with Crippen LogP contribution in [0.25, 0.3) is 0 Å². The first-order chi connectivity index (χ1) is 17.5. The molecule has 0 aliphatic rings. The summed E-state index contributed by atoms with van der Waals surface area (Å²) in [4.78, 5) is 11.8. The van der Waals surface area contributed by atoms with Crippen LogP contribution >= 0.6 is 0 Å². The predicted octanol–water partition coefficient (Wildman–Crippen LogP) is 7.40. The molecule has 2 nitrogen and oxygen atoms in total. The van der Waals surface area contributed by atoms with Crippen LogP contribution in [0.15, 0.2) is 54.6 Å². The largest absolute Gasteiger partial charge is 0.460 e. The highest BCUT2D eigenvalue weighted by molar-refractivity contribution is 5.98. The lowest BCUT2D eigenvalue weighted by atomic mass is 9.90. The van der Waals surface area contributed by atoms with Crippen molar-refractivity contribution in [2.45, 2.75) is 41.7 Å². The predicted molar refractivity (Wildman–Crippen MR) is 103 cm³/mol. The lowest BCUT2D eigenvalue weighted by molar-refractivity contribution is -0.449. The quantitative estimate of drug-likeness (QED) is 0.265. The molecule has 2 rings (SSSR count). The average molecular weight is 589 g/mol. The van der Waals surface area contributed by atoms with Gasteiger partial charge in [-0.3, -0.25) is 4.79 Å². The van der Waals surface area contributed by atoms with Gasteiger partial charge >= 0.3 is 47.6 Å². The van der Waals surface area contributed by atoms with Gasteiger partial charge in [0.05, 0.1) is 5.69 Å². The third-order valence-electron chi connectivity index (χ3n) is 4.90. The summed E-state index contributed by atoms with van der Waals surface area (Å²) in [7, 11) is 0. The Morgan fingerprint density at radius 2 is 0.974 bits per heavy atom. The molecule has 2 aromatic carbocycles. The van der Waals surface area contributed by atoms with Crippen molar-refractivity contribution in [3.8, 4) is 11.8 Å². The van der Waals surface area contributed by atoms with Crippen LogP contribution in [0, 0.1) is 11.8 Å². The van der Waals surface area contributed by atoms with Crippen molar-refractivity contribution in [3.05, 3.63) is 65.7 Å². The van der Waals surface area contributed by atoms with E-state index in [9.17, 15) is 70.7 Å². The summed E-state index contributed by atoms with van der Waals surface area (Å²) in [6, 6.07) is 11.2. The van der Waals surface area contributed by atoms with Gasteiger partial charge in [-0.2, -0.15) is 65.9 Å². The first-order valence-corrected chi connectivity index (χ1v) is 9.78. The van der Waals surface area contributed by atoms with Crippen LogP contribution in [-0.4, -0.2) is 47.6 Å². The fourth-order valence-corrected chi connectivity index (χ4v) is 2.67. The van der Waals surface area contributed by atoms with E-state index in [0.717, 1.165) is 23.5 Å². The van der Waals surface area contributed by atoms with Gasteiger partial charge in [-0.05, 0) is 24.3 Å². The highest BCUT2D eigenvalue weighted by atomic mass is 19.4. The second-order valence-corrected chi connectivity index (χ2v) is 7.56. The van der Waals surface area contributed by atoms with Gasteiger partial charge in [-0.15, -0.1) is 0 Å². The molecule has 0 atom stereocenters. The fourth-order valence-electron chi connectivity index (χ4n) is 2.67. The first-order valence-electron chi connectivity index (χ1n) is 9.78. The minimum Gasteiger partial charge on any atom is -0.319 e. The monoisotopic (exact) mass is 589 g/mol. The normalized spacial score (nSPS) is 13.9. The zero-order valence-corrected chi connectivity index (χ0v) is 18.3. The topological polar surface area (TPSA) is 29.1 Å². The smallest absolute Gasteiger partial charge is 0.319 e.